The molecule has 1 unspecified atom stereocenters. The zero-order valence-electron chi connectivity index (χ0n) is 11.5. The molecule has 0 bridgehead atoms. The normalized spacial score (nSPS) is 13.4. The topological polar surface area (TPSA) is 13.1 Å². The molecule has 0 amide bonds. The Hall–Kier alpha value is -1.71. The Balaban J connectivity index is 2.07. The molecule has 1 aromatic carbocycles. The van der Waals surface area contributed by atoms with Crippen LogP contribution in [0.1, 0.15) is 42.2 Å². The lowest BCUT2D eigenvalue weighted by Gasteiger charge is -2.12. The van der Waals surface area contributed by atoms with Crippen LogP contribution in [-0.2, 0) is 19.0 Å². The van der Waals surface area contributed by atoms with Crippen LogP contribution in [0.5, 0.6) is 0 Å². The fourth-order valence-corrected chi connectivity index (χ4v) is 2.19. The third-order valence-corrected chi connectivity index (χ3v) is 3.41. The molecule has 0 aliphatic carbocycles. The average molecular weight is 282 g/mol. The molecule has 0 N–H and O–H groups in total. The van der Waals surface area contributed by atoms with Gasteiger partial charge in [0.1, 0.15) is 5.76 Å². The summed E-state index contributed by atoms with van der Waals surface area (Å²) < 4.78 is 42.9. The summed E-state index contributed by atoms with van der Waals surface area (Å²) in [5.41, 5.74) is 1.37. The SMILES string of the molecule is CCc1cc(CC(C)c2ccc(C(F)(F)F)cc2)co1. The Bertz CT molecular complexity index is 552. The quantitative estimate of drug-likeness (QED) is 0.750. The van der Waals surface area contributed by atoms with Crippen molar-refractivity contribution in [2.75, 3.05) is 0 Å². The van der Waals surface area contributed by atoms with Crippen molar-refractivity contribution in [3.63, 3.8) is 0 Å². The van der Waals surface area contributed by atoms with E-state index >= 15 is 0 Å². The van der Waals surface area contributed by atoms with Gasteiger partial charge < -0.3 is 4.42 Å². The van der Waals surface area contributed by atoms with Crippen molar-refractivity contribution in [2.24, 2.45) is 0 Å². The molecule has 1 nitrogen and oxygen atoms in total. The number of rotatable bonds is 4. The Morgan fingerprint density at radius 1 is 1.15 bits per heavy atom. The lowest BCUT2D eigenvalue weighted by atomic mass is 9.94. The summed E-state index contributed by atoms with van der Waals surface area (Å²) in [7, 11) is 0. The molecule has 0 aliphatic heterocycles. The van der Waals surface area contributed by atoms with Crippen molar-refractivity contribution in [3.05, 3.63) is 59.0 Å². The van der Waals surface area contributed by atoms with Crippen LogP contribution in [0, 0.1) is 0 Å². The molecule has 0 fully saturated rings. The highest BCUT2D eigenvalue weighted by molar-refractivity contribution is 5.28. The van der Waals surface area contributed by atoms with E-state index in [2.05, 4.69) is 0 Å². The molecule has 0 saturated heterocycles. The number of aryl methyl sites for hydroxylation is 1. The van der Waals surface area contributed by atoms with E-state index in [1.165, 1.54) is 0 Å². The molecule has 0 spiro atoms. The van der Waals surface area contributed by atoms with E-state index in [4.69, 9.17) is 4.42 Å². The van der Waals surface area contributed by atoms with Gasteiger partial charge in [-0.25, -0.2) is 0 Å². The van der Waals surface area contributed by atoms with E-state index in [1.807, 2.05) is 19.9 Å². The van der Waals surface area contributed by atoms with Gasteiger partial charge in [-0.2, -0.15) is 13.2 Å². The van der Waals surface area contributed by atoms with Gasteiger partial charge >= 0.3 is 6.18 Å². The van der Waals surface area contributed by atoms with Gasteiger partial charge in [-0.15, -0.1) is 0 Å². The van der Waals surface area contributed by atoms with Crippen molar-refractivity contribution >= 4 is 0 Å². The Kier molecular flexibility index (Phi) is 4.21. The second kappa shape index (κ2) is 5.73. The summed E-state index contributed by atoms with van der Waals surface area (Å²) in [6, 6.07) is 7.38. The first kappa shape index (κ1) is 14.7. The van der Waals surface area contributed by atoms with Crippen molar-refractivity contribution in [2.45, 2.75) is 38.8 Å². The Morgan fingerprint density at radius 3 is 2.30 bits per heavy atom. The van der Waals surface area contributed by atoms with E-state index < -0.39 is 11.7 Å². The number of furan rings is 1. The number of hydrogen-bond acceptors (Lipinski definition) is 1. The number of alkyl halides is 3. The van der Waals surface area contributed by atoms with Crippen molar-refractivity contribution in [3.8, 4) is 0 Å². The molecule has 0 radical (unpaired) electrons. The van der Waals surface area contributed by atoms with Crippen LogP contribution in [-0.4, -0.2) is 0 Å². The zero-order valence-corrected chi connectivity index (χ0v) is 11.5. The average Bonchev–Trinajstić information content (AvgIpc) is 2.85. The highest BCUT2D eigenvalue weighted by atomic mass is 19.4. The van der Waals surface area contributed by atoms with Crippen LogP contribution in [0.2, 0.25) is 0 Å². The van der Waals surface area contributed by atoms with Crippen LogP contribution in [0.4, 0.5) is 13.2 Å². The van der Waals surface area contributed by atoms with Gasteiger partial charge in [-0.1, -0.05) is 26.0 Å². The molecular weight excluding hydrogens is 265 g/mol. The third kappa shape index (κ3) is 3.44. The molecule has 4 heteroatoms. The summed E-state index contributed by atoms with van der Waals surface area (Å²) >= 11 is 0. The van der Waals surface area contributed by atoms with Crippen LogP contribution in [0.25, 0.3) is 0 Å². The summed E-state index contributed by atoms with van der Waals surface area (Å²) in [6.07, 6.45) is -0.953. The first-order chi connectivity index (χ1) is 9.40. The minimum absolute atomic E-state index is 0.152. The molecular formula is C16H17F3O. The van der Waals surface area contributed by atoms with Crippen molar-refractivity contribution < 1.29 is 17.6 Å². The maximum atomic E-state index is 12.5. The minimum atomic E-state index is -4.28. The van der Waals surface area contributed by atoms with Gasteiger partial charge in [0, 0.05) is 6.42 Å². The van der Waals surface area contributed by atoms with E-state index in [1.54, 1.807) is 18.4 Å². The van der Waals surface area contributed by atoms with Gasteiger partial charge in [-0.3, -0.25) is 0 Å². The highest BCUT2D eigenvalue weighted by Crippen LogP contribution is 2.30. The fourth-order valence-electron chi connectivity index (χ4n) is 2.19. The first-order valence-corrected chi connectivity index (χ1v) is 6.63. The largest absolute Gasteiger partial charge is 0.469 e. The summed E-state index contributed by atoms with van der Waals surface area (Å²) in [5, 5.41) is 0. The van der Waals surface area contributed by atoms with Gasteiger partial charge in [0.15, 0.2) is 0 Å². The van der Waals surface area contributed by atoms with Crippen LogP contribution < -0.4 is 0 Å². The van der Waals surface area contributed by atoms with Gasteiger partial charge in [0.2, 0.25) is 0 Å². The summed E-state index contributed by atoms with van der Waals surface area (Å²) in [6.45, 7) is 4.02. The van der Waals surface area contributed by atoms with Gasteiger partial charge in [0.25, 0.3) is 0 Å². The lowest BCUT2D eigenvalue weighted by molar-refractivity contribution is -0.137. The molecule has 108 valence electrons. The number of hydrogen-bond donors (Lipinski definition) is 0. The smallest absolute Gasteiger partial charge is 0.416 e. The van der Waals surface area contributed by atoms with E-state index in [-0.39, 0.29) is 5.92 Å². The molecule has 1 heterocycles. The van der Waals surface area contributed by atoms with Crippen LogP contribution >= 0.6 is 0 Å². The highest BCUT2D eigenvalue weighted by Gasteiger charge is 2.30. The predicted molar refractivity (Wildman–Crippen MR) is 71.6 cm³/mol. The van der Waals surface area contributed by atoms with E-state index in [0.717, 1.165) is 41.9 Å². The minimum Gasteiger partial charge on any atom is -0.469 e. The molecule has 20 heavy (non-hydrogen) atoms. The fraction of sp³-hybridized carbons (Fsp3) is 0.375. The van der Waals surface area contributed by atoms with Crippen LogP contribution in [0.15, 0.2) is 41.0 Å². The summed E-state index contributed by atoms with van der Waals surface area (Å²) in [5.74, 6) is 1.08. The molecule has 0 saturated carbocycles. The zero-order chi connectivity index (χ0) is 14.8. The van der Waals surface area contributed by atoms with Crippen molar-refractivity contribution in [1.82, 2.24) is 0 Å². The monoisotopic (exact) mass is 282 g/mol. The third-order valence-electron chi connectivity index (χ3n) is 3.41. The Morgan fingerprint density at radius 2 is 1.80 bits per heavy atom. The predicted octanol–water partition coefficient (Wildman–Crippen LogP) is 5.21. The van der Waals surface area contributed by atoms with Gasteiger partial charge in [-0.05, 0) is 41.7 Å². The van der Waals surface area contributed by atoms with E-state index in [0.29, 0.717) is 0 Å². The molecule has 2 aromatic rings. The molecule has 1 atom stereocenters. The van der Waals surface area contributed by atoms with Crippen molar-refractivity contribution in [1.29, 1.82) is 0 Å². The number of halogens is 3. The molecule has 1 aromatic heterocycles. The second-order valence-corrected chi connectivity index (χ2v) is 5.00. The van der Waals surface area contributed by atoms with Crippen LogP contribution in [0.3, 0.4) is 0 Å². The summed E-state index contributed by atoms with van der Waals surface area (Å²) in [4.78, 5) is 0. The molecule has 0 aliphatic rings. The van der Waals surface area contributed by atoms with E-state index in [9.17, 15) is 13.2 Å². The number of benzene rings is 1. The maximum Gasteiger partial charge on any atom is 0.416 e. The standard InChI is InChI=1S/C16H17F3O/c1-3-15-9-12(10-20-15)8-11(2)13-4-6-14(7-5-13)16(17,18)19/h4-7,9-11H,3,8H2,1-2H3. The maximum absolute atomic E-state index is 12.5. The Labute approximate surface area is 116 Å². The van der Waals surface area contributed by atoms with Gasteiger partial charge in [0.05, 0.1) is 11.8 Å². The lowest BCUT2D eigenvalue weighted by Crippen LogP contribution is -2.05. The second-order valence-electron chi connectivity index (χ2n) is 5.00. The first-order valence-electron chi connectivity index (χ1n) is 6.63. The molecule has 2 rings (SSSR count).